The number of anilines is 1. The first-order valence-corrected chi connectivity index (χ1v) is 6.08. The van der Waals surface area contributed by atoms with Crippen LogP contribution in [0.25, 0.3) is 0 Å². The molecule has 0 aliphatic heterocycles. The van der Waals surface area contributed by atoms with Gasteiger partial charge in [-0.25, -0.2) is 0 Å². The first kappa shape index (κ1) is 11.7. The molecule has 0 aliphatic rings. The first-order chi connectivity index (χ1) is 8.34. The fourth-order valence-corrected chi connectivity index (χ4v) is 1.62. The molecule has 0 aliphatic carbocycles. The van der Waals surface area contributed by atoms with Crippen molar-refractivity contribution in [1.82, 2.24) is 5.43 Å². The first-order valence-electron chi connectivity index (χ1n) is 5.22. The van der Waals surface area contributed by atoms with Crippen molar-refractivity contribution in [2.75, 3.05) is 5.43 Å². The zero-order valence-corrected chi connectivity index (χ0v) is 10.8. The predicted octanol–water partition coefficient (Wildman–Crippen LogP) is 2.46. The van der Waals surface area contributed by atoms with Gasteiger partial charge >= 0.3 is 109 Å². The van der Waals surface area contributed by atoms with Crippen LogP contribution in [-0.2, 0) is 0 Å². The number of amidine groups is 1. The normalized spacial score (nSPS) is 10.9. The van der Waals surface area contributed by atoms with Crippen LogP contribution in [0, 0.1) is 0 Å². The number of aliphatic imine (C=N–C) groups is 1. The van der Waals surface area contributed by atoms with Gasteiger partial charge in [0, 0.05) is 0 Å². The van der Waals surface area contributed by atoms with Crippen molar-refractivity contribution in [3.8, 4) is 0 Å². The molecule has 85 valence electrons. The molecule has 2 N–H and O–H groups in total. The van der Waals surface area contributed by atoms with Gasteiger partial charge in [-0.15, -0.1) is 0 Å². The second-order valence-corrected chi connectivity index (χ2v) is 4.18. The zero-order valence-electron chi connectivity index (χ0n) is 9.13. The summed E-state index contributed by atoms with van der Waals surface area (Å²) in [6, 6.07) is 19.6. The Balaban J connectivity index is 1.94. The number of benzene rings is 2. The number of hydrazine groups is 1. The Hall–Kier alpha value is -1.77. The van der Waals surface area contributed by atoms with Crippen molar-refractivity contribution in [1.29, 1.82) is 0 Å². The average Bonchev–Trinajstić information content (AvgIpc) is 2.39. The summed E-state index contributed by atoms with van der Waals surface area (Å²) < 4.78 is 0.694. The summed E-state index contributed by atoms with van der Waals surface area (Å²) in [5.41, 5.74) is 7.94. The maximum atomic E-state index is 4.36. The molecule has 0 bridgehead atoms. The maximum absolute atomic E-state index is 4.36. The van der Waals surface area contributed by atoms with Gasteiger partial charge in [0.05, 0.1) is 0 Å². The number of nitrogens with zero attached hydrogens (tertiary/aromatic N) is 1. The molecule has 0 atom stereocenters. The molecule has 4 heteroatoms. The Morgan fingerprint density at radius 3 is 2.12 bits per heavy atom. The van der Waals surface area contributed by atoms with E-state index in [0.29, 0.717) is 4.73 Å². The van der Waals surface area contributed by atoms with Gasteiger partial charge in [0.25, 0.3) is 0 Å². The SMILES string of the molecule is [Se]C(=Nc1ccccc1)NNc1ccccc1. The van der Waals surface area contributed by atoms with E-state index >= 15 is 0 Å². The van der Waals surface area contributed by atoms with E-state index < -0.39 is 0 Å². The van der Waals surface area contributed by atoms with Gasteiger partial charge in [-0.05, 0) is 0 Å². The van der Waals surface area contributed by atoms with Crippen molar-refractivity contribution >= 4 is 32.1 Å². The Morgan fingerprint density at radius 2 is 1.47 bits per heavy atom. The standard InChI is InChI=1S/C13H12N3Se/c17-13(14-11-7-3-1-4-8-11)16-15-12-9-5-2-6-10-12/h1-10,15H,(H,14,16). The van der Waals surface area contributed by atoms with Gasteiger partial charge in [0.15, 0.2) is 0 Å². The van der Waals surface area contributed by atoms with Crippen LogP contribution in [0.15, 0.2) is 65.7 Å². The molecule has 0 amide bonds. The van der Waals surface area contributed by atoms with Crippen molar-refractivity contribution in [2.24, 2.45) is 4.99 Å². The number of hydrogen-bond donors (Lipinski definition) is 2. The second-order valence-electron chi connectivity index (χ2n) is 3.37. The molecule has 17 heavy (non-hydrogen) atoms. The van der Waals surface area contributed by atoms with E-state index in [1.807, 2.05) is 60.7 Å². The van der Waals surface area contributed by atoms with Gasteiger partial charge in [0.1, 0.15) is 0 Å². The van der Waals surface area contributed by atoms with Crippen LogP contribution in [0.1, 0.15) is 0 Å². The molecule has 0 unspecified atom stereocenters. The molecule has 0 saturated heterocycles. The quantitative estimate of drug-likeness (QED) is 0.394. The van der Waals surface area contributed by atoms with E-state index in [-0.39, 0.29) is 0 Å². The summed E-state index contributed by atoms with van der Waals surface area (Å²) in [6.07, 6.45) is 0. The van der Waals surface area contributed by atoms with Crippen molar-refractivity contribution < 1.29 is 0 Å². The number of nitrogens with one attached hydrogen (secondary N) is 2. The minimum absolute atomic E-state index is 0.694. The van der Waals surface area contributed by atoms with E-state index in [1.165, 1.54) is 0 Å². The molecular formula is C13H12N3Se. The fourth-order valence-electron chi connectivity index (χ4n) is 1.29. The van der Waals surface area contributed by atoms with E-state index in [0.717, 1.165) is 11.4 Å². The zero-order chi connectivity index (χ0) is 11.9. The van der Waals surface area contributed by atoms with Gasteiger partial charge in [-0.3, -0.25) is 0 Å². The Bertz CT molecular complexity index is 483. The molecule has 0 spiro atoms. The topological polar surface area (TPSA) is 36.4 Å². The van der Waals surface area contributed by atoms with Crippen LogP contribution in [-0.4, -0.2) is 20.7 Å². The minimum atomic E-state index is 0.694. The molecule has 2 aromatic rings. The summed E-state index contributed by atoms with van der Waals surface area (Å²) in [5.74, 6) is 0. The monoisotopic (exact) mass is 290 g/mol. The Morgan fingerprint density at radius 1 is 0.882 bits per heavy atom. The summed E-state index contributed by atoms with van der Waals surface area (Å²) in [7, 11) is 0. The third kappa shape index (κ3) is 3.94. The summed E-state index contributed by atoms with van der Waals surface area (Å²) in [5, 5.41) is 0. The molecule has 3 nitrogen and oxygen atoms in total. The second kappa shape index (κ2) is 6.09. The molecule has 0 saturated carbocycles. The van der Waals surface area contributed by atoms with E-state index in [1.54, 1.807) is 0 Å². The van der Waals surface area contributed by atoms with Gasteiger partial charge < -0.3 is 0 Å². The number of hydrogen-bond acceptors (Lipinski definition) is 2. The van der Waals surface area contributed by atoms with Gasteiger partial charge in [-0.2, -0.15) is 0 Å². The molecular weight excluding hydrogens is 277 g/mol. The molecule has 0 fully saturated rings. The van der Waals surface area contributed by atoms with Crippen molar-refractivity contribution in [2.45, 2.75) is 0 Å². The van der Waals surface area contributed by atoms with E-state index in [2.05, 4.69) is 31.9 Å². The van der Waals surface area contributed by atoms with E-state index in [4.69, 9.17) is 0 Å². The fraction of sp³-hybridized carbons (Fsp3) is 0. The summed E-state index contributed by atoms with van der Waals surface area (Å²) in [4.78, 5) is 4.36. The van der Waals surface area contributed by atoms with Crippen molar-refractivity contribution in [3.63, 3.8) is 0 Å². The molecule has 0 heterocycles. The summed E-state index contributed by atoms with van der Waals surface area (Å²) in [6.45, 7) is 0. The van der Waals surface area contributed by atoms with Gasteiger partial charge in [0.2, 0.25) is 0 Å². The number of para-hydroxylation sites is 2. The Labute approximate surface area is 109 Å². The van der Waals surface area contributed by atoms with Crippen LogP contribution in [0.2, 0.25) is 0 Å². The molecule has 2 rings (SSSR count). The van der Waals surface area contributed by atoms with E-state index in [9.17, 15) is 0 Å². The van der Waals surface area contributed by atoms with Gasteiger partial charge in [-0.1, -0.05) is 0 Å². The van der Waals surface area contributed by atoms with Crippen LogP contribution in [0.4, 0.5) is 11.4 Å². The summed E-state index contributed by atoms with van der Waals surface area (Å²) >= 11 is 2.87. The molecule has 2 aromatic carbocycles. The molecule has 0 aromatic heterocycles. The van der Waals surface area contributed by atoms with Crippen LogP contribution >= 0.6 is 0 Å². The van der Waals surface area contributed by atoms with Crippen LogP contribution in [0.5, 0.6) is 0 Å². The van der Waals surface area contributed by atoms with Crippen LogP contribution in [0.3, 0.4) is 0 Å². The average molecular weight is 289 g/mol. The third-order valence-electron chi connectivity index (χ3n) is 2.07. The Kier molecular flexibility index (Phi) is 4.19. The molecule has 1 radical (unpaired) electrons. The number of rotatable bonds is 3. The third-order valence-corrected chi connectivity index (χ3v) is 2.48. The van der Waals surface area contributed by atoms with Crippen LogP contribution < -0.4 is 10.9 Å². The van der Waals surface area contributed by atoms with Crippen molar-refractivity contribution in [3.05, 3.63) is 60.7 Å². The predicted molar refractivity (Wildman–Crippen MR) is 72.5 cm³/mol.